The molecule has 0 N–H and O–H groups in total. The first kappa shape index (κ1) is 12.0. The standard InChI is InChI=1S/C11H20BrNO/c1-3-9-7-5-6-8-13(9)11(14)10(12)4-2/h9-10H,3-8H2,1-2H3/t9-,10+/m0/s1. The third-order valence-electron chi connectivity index (χ3n) is 3.01. The highest BCUT2D eigenvalue weighted by molar-refractivity contribution is 9.10. The Bertz CT molecular complexity index is 196. The number of alkyl halides is 1. The summed E-state index contributed by atoms with van der Waals surface area (Å²) >= 11 is 3.44. The molecule has 0 bridgehead atoms. The van der Waals surface area contributed by atoms with Crippen LogP contribution in [-0.2, 0) is 4.79 Å². The van der Waals surface area contributed by atoms with Crippen LogP contribution in [-0.4, -0.2) is 28.2 Å². The molecule has 0 spiro atoms. The van der Waals surface area contributed by atoms with Crippen molar-refractivity contribution in [3.8, 4) is 0 Å². The van der Waals surface area contributed by atoms with Gasteiger partial charge in [0.05, 0.1) is 4.83 Å². The first-order chi connectivity index (χ1) is 6.70. The summed E-state index contributed by atoms with van der Waals surface area (Å²) in [4.78, 5) is 14.1. The van der Waals surface area contributed by atoms with Gasteiger partial charge in [-0.3, -0.25) is 4.79 Å². The SMILES string of the molecule is CC[C@H]1CCCCN1C(=O)[C@H](Br)CC. The Hall–Kier alpha value is -0.0500. The number of piperidine rings is 1. The molecule has 3 heteroatoms. The topological polar surface area (TPSA) is 20.3 Å². The van der Waals surface area contributed by atoms with E-state index in [0.717, 1.165) is 19.4 Å². The van der Waals surface area contributed by atoms with Crippen molar-refractivity contribution in [2.24, 2.45) is 0 Å². The van der Waals surface area contributed by atoms with Gasteiger partial charge in [-0.15, -0.1) is 0 Å². The minimum atomic E-state index is 0.0228. The number of likely N-dealkylation sites (tertiary alicyclic amines) is 1. The van der Waals surface area contributed by atoms with Crippen molar-refractivity contribution in [1.82, 2.24) is 4.90 Å². The monoisotopic (exact) mass is 261 g/mol. The van der Waals surface area contributed by atoms with E-state index in [2.05, 4.69) is 27.8 Å². The summed E-state index contributed by atoms with van der Waals surface area (Å²) in [6, 6.07) is 0.489. The molecule has 1 fully saturated rings. The summed E-state index contributed by atoms with van der Waals surface area (Å²) in [6.45, 7) is 5.17. The Balaban J connectivity index is 2.58. The van der Waals surface area contributed by atoms with Crippen LogP contribution in [0.15, 0.2) is 0 Å². The van der Waals surface area contributed by atoms with E-state index < -0.39 is 0 Å². The average molecular weight is 262 g/mol. The minimum absolute atomic E-state index is 0.0228. The Morgan fingerprint density at radius 1 is 1.50 bits per heavy atom. The zero-order valence-corrected chi connectivity index (χ0v) is 10.7. The molecule has 14 heavy (non-hydrogen) atoms. The number of hydrogen-bond acceptors (Lipinski definition) is 1. The summed E-state index contributed by atoms with van der Waals surface area (Å²) < 4.78 is 0. The molecule has 0 aliphatic carbocycles. The third kappa shape index (κ3) is 2.72. The number of carbonyl (C=O) groups excluding carboxylic acids is 1. The van der Waals surface area contributed by atoms with E-state index in [1.807, 2.05) is 6.92 Å². The molecule has 0 aromatic rings. The molecule has 82 valence electrons. The number of carbonyl (C=O) groups is 1. The number of nitrogens with zero attached hydrogens (tertiary/aromatic N) is 1. The van der Waals surface area contributed by atoms with Crippen LogP contribution in [0.1, 0.15) is 46.0 Å². The minimum Gasteiger partial charge on any atom is -0.339 e. The van der Waals surface area contributed by atoms with Crippen molar-refractivity contribution in [3.05, 3.63) is 0 Å². The predicted octanol–water partition coefficient (Wildman–Crippen LogP) is 2.95. The van der Waals surface area contributed by atoms with E-state index in [-0.39, 0.29) is 4.83 Å². The lowest BCUT2D eigenvalue weighted by atomic mass is 9.99. The molecule has 0 aromatic carbocycles. The number of rotatable bonds is 3. The van der Waals surface area contributed by atoms with Crippen LogP contribution in [0.25, 0.3) is 0 Å². The van der Waals surface area contributed by atoms with Crippen molar-refractivity contribution in [1.29, 1.82) is 0 Å². The van der Waals surface area contributed by atoms with Gasteiger partial charge < -0.3 is 4.90 Å². The van der Waals surface area contributed by atoms with Gasteiger partial charge in [-0.05, 0) is 32.1 Å². The molecule has 2 nitrogen and oxygen atoms in total. The molecular weight excluding hydrogens is 242 g/mol. The fourth-order valence-corrected chi connectivity index (χ4v) is 2.33. The molecule has 1 aliphatic rings. The summed E-state index contributed by atoms with van der Waals surface area (Å²) in [6.07, 6.45) is 5.61. The van der Waals surface area contributed by atoms with Crippen molar-refractivity contribution in [2.45, 2.75) is 56.8 Å². The molecule has 1 heterocycles. The summed E-state index contributed by atoms with van der Waals surface area (Å²) in [5, 5.41) is 0. The molecule has 1 amide bonds. The van der Waals surface area contributed by atoms with Crippen molar-refractivity contribution in [3.63, 3.8) is 0 Å². The number of amides is 1. The molecule has 1 aliphatic heterocycles. The second-order valence-corrected chi connectivity index (χ2v) is 5.07. The summed E-state index contributed by atoms with van der Waals surface area (Å²) in [5.74, 6) is 0.291. The second-order valence-electron chi connectivity index (χ2n) is 3.97. The Morgan fingerprint density at radius 3 is 2.79 bits per heavy atom. The van der Waals surface area contributed by atoms with E-state index in [1.165, 1.54) is 19.3 Å². The first-order valence-electron chi connectivity index (χ1n) is 5.65. The fraction of sp³-hybridized carbons (Fsp3) is 0.909. The van der Waals surface area contributed by atoms with Crippen LogP contribution in [0.2, 0.25) is 0 Å². The van der Waals surface area contributed by atoms with E-state index in [4.69, 9.17) is 0 Å². The third-order valence-corrected chi connectivity index (χ3v) is 4.05. The predicted molar refractivity (Wildman–Crippen MR) is 62.6 cm³/mol. The first-order valence-corrected chi connectivity index (χ1v) is 6.56. The van der Waals surface area contributed by atoms with Gasteiger partial charge in [0.1, 0.15) is 0 Å². The van der Waals surface area contributed by atoms with Gasteiger partial charge in [0, 0.05) is 12.6 Å². The molecule has 0 aromatic heterocycles. The lowest BCUT2D eigenvalue weighted by Crippen LogP contribution is -2.46. The van der Waals surface area contributed by atoms with Crippen molar-refractivity contribution < 1.29 is 4.79 Å². The molecule has 1 rings (SSSR count). The Morgan fingerprint density at radius 2 is 2.21 bits per heavy atom. The number of halogens is 1. The van der Waals surface area contributed by atoms with Crippen molar-refractivity contribution >= 4 is 21.8 Å². The normalized spacial score (nSPS) is 24.8. The molecule has 0 saturated carbocycles. The van der Waals surface area contributed by atoms with Gasteiger partial charge in [-0.25, -0.2) is 0 Å². The zero-order valence-electron chi connectivity index (χ0n) is 9.13. The van der Waals surface area contributed by atoms with Crippen LogP contribution in [0, 0.1) is 0 Å². The van der Waals surface area contributed by atoms with E-state index in [9.17, 15) is 4.79 Å². The van der Waals surface area contributed by atoms with Gasteiger partial charge in [-0.2, -0.15) is 0 Å². The van der Waals surface area contributed by atoms with E-state index >= 15 is 0 Å². The largest absolute Gasteiger partial charge is 0.339 e. The maximum absolute atomic E-state index is 12.0. The van der Waals surface area contributed by atoms with Crippen LogP contribution >= 0.6 is 15.9 Å². The van der Waals surface area contributed by atoms with Gasteiger partial charge in [0.2, 0.25) is 5.91 Å². The second kappa shape index (κ2) is 5.74. The lowest BCUT2D eigenvalue weighted by molar-refractivity contribution is -0.134. The van der Waals surface area contributed by atoms with Crippen LogP contribution in [0.4, 0.5) is 0 Å². The molecule has 0 unspecified atom stereocenters. The maximum Gasteiger partial charge on any atom is 0.236 e. The highest BCUT2D eigenvalue weighted by Crippen LogP contribution is 2.22. The number of hydrogen-bond donors (Lipinski definition) is 0. The van der Waals surface area contributed by atoms with Crippen molar-refractivity contribution in [2.75, 3.05) is 6.54 Å². The van der Waals surface area contributed by atoms with E-state index in [1.54, 1.807) is 0 Å². The van der Waals surface area contributed by atoms with E-state index in [0.29, 0.717) is 11.9 Å². The van der Waals surface area contributed by atoms with Gasteiger partial charge in [0.15, 0.2) is 0 Å². The van der Waals surface area contributed by atoms with Gasteiger partial charge in [0.25, 0.3) is 0 Å². The highest BCUT2D eigenvalue weighted by atomic mass is 79.9. The zero-order chi connectivity index (χ0) is 10.6. The summed E-state index contributed by atoms with van der Waals surface area (Å²) in [5.41, 5.74) is 0. The van der Waals surface area contributed by atoms with Gasteiger partial charge in [-0.1, -0.05) is 29.8 Å². The highest BCUT2D eigenvalue weighted by Gasteiger charge is 2.28. The fourth-order valence-electron chi connectivity index (χ4n) is 2.07. The summed E-state index contributed by atoms with van der Waals surface area (Å²) in [7, 11) is 0. The molecule has 1 saturated heterocycles. The Kier molecular flexibility index (Phi) is 4.93. The lowest BCUT2D eigenvalue weighted by Gasteiger charge is -2.36. The van der Waals surface area contributed by atoms with Crippen LogP contribution in [0.3, 0.4) is 0 Å². The average Bonchev–Trinajstić information content (AvgIpc) is 2.26. The molecular formula is C11H20BrNO. The molecule has 0 radical (unpaired) electrons. The van der Waals surface area contributed by atoms with Crippen LogP contribution < -0.4 is 0 Å². The quantitative estimate of drug-likeness (QED) is 0.716. The van der Waals surface area contributed by atoms with Gasteiger partial charge >= 0.3 is 0 Å². The Labute approximate surface area is 95.2 Å². The molecule has 2 atom stereocenters. The smallest absolute Gasteiger partial charge is 0.236 e. The van der Waals surface area contributed by atoms with Crippen LogP contribution in [0.5, 0.6) is 0 Å². The maximum atomic E-state index is 12.0.